The van der Waals surface area contributed by atoms with Gasteiger partial charge in [0.1, 0.15) is 5.52 Å². The van der Waals surface area contributed by atoms with Crippen molar-refractivity contribution in [2.24, 2.45) is 5.92 Å². The first-order chi connectivity index (χ1) is 13.0. The van der Waals surface area contributed by atoms with Crippen LogP contribution in [0, 0.1) is 12.8 Å². The van der Waals surface area contributed by atoms with Crippen LogP contribution in [0.5, 0.6) is 0 Å². The van der Waals surface area contributed by atoms with Crippen molar-refractivity contribution in [3.05, 3.63) is 57.6 Å². The number of fused-ring (bicyclic) bond motifs is 3. The zero-order valence-corrected chi connectivity index (χ0v) is 16.2. The maximum atomic E-state index is 12.8. The van der Waals surface area contributed by atoms with Gasteiger partial charge >= 0.3 is 0 Å². The van der Waals surface area contributed by atoms with Gasteiger partial charge < -0.3 is 4.57 Å². The number of hydrogen-bond donors (Lipinski definition) is 0. The van der Waals surface area contributed by atoms with E-state index in [1.807, 2.05) is 43.5 Å². The molecular weight excluding hydrogens is 362 g/mol. The van der Waals surface area contributed by atoms with Gasteiger partial charge in [-0.15, -0.1) is 10.2 Å². The summed E-state index contributed by atoms with van der Waals surface area (Å²) in [7, 11) is 0. The lowest BCUT2D eigenvalue weighted by molar-refractivity contribution is 0.509. The Kier molecular flexibility index (Phi) is 4.44. The van der Waals surface area contributed by atoms with Crippen LogP contribution >= 0.6 is 11.6 Å². The Balaban J connectivity index is 1.90. The number of benzene rings is 1. The summed E-state index contributed by atoms with van der Waals surface area (Å²) < 4.78 is 3.40. The van der Waals surface area contributed by atoms with Gasteiger partial charge in [0.2, 0.25) is 0 Å². The van der Waals surface area contributed by atoms with E-state index in [0.29, 0.717) is 34.2 Å². The van der Waals surface area contributed by atoms with Gasteiger partial charge in [0.05, 0.1) is 11.3 Å². The monoisotopic (exact) mass is 381 g/mol. The van der Waals surface area contributed by atoms with Crippen LogP contribution in [-0.4, -0.2) is 24.4 Å². The third-order valence-corrected chi connectivity index (χ3v) is 4.96. The average Bonchev–Trinajstić information content (AvgIpc) is 2.98. The van der Waals surface area contributed by atoms with Gasteiger partial charge in [0.25, 0.3) is 5.56 Å². The van der Waals surface area contributed by atoms with E-state index >= 15 is 0 Å². The Hall–Kier alpha value is -2.73. The molecule has 138 valence electrons. The zero-order chi connectivity index (χ0) is 19.1. The van der Waals surface area contributed by atoms with Gasteiger partial charge in [-0.1, -0.05) is 37.6 Å². The summed E-state index contributed by atoms with van der Waals surface area (Å²) >= 11 is 6.00. The van der Waals surface area contributed by atoms with Crippen molar-refractivity contribution in [2.45, 2.75) is 33.7 Å². The van der Waals surface area contributed by atoms with E-state index in [9.17, 15) is 4.79 Å². The fourth-order valence-electron chi connectivity index (χ4n) is 3.22. The maximum absolute atomic E-state index is 12.8. The number of aryl methyl sites for hydroxylation is 2. The maximum Gasteiger partial charge on any atom is 0.280 e. The van der Waals surface area contributed by atoms with Crippen molar-refractivity contribution < 1.29 is 0 Å². The molecule has 0 fully saturated rings. The number of nitrogens with zero attached hydrogens (tertiary/aromatic N) is 5. The SMILES string of the molecule is Cc1nn2c(nnc3c(=O)n(CCC(C)C)ccc32)c1-c1ccc(Cl)cc1. The summed E-state index contributed by atoms with van der Waals surface area (Å²) in [6.07, 6.45) is 2.75. The van der Waals surface area contributed by atoms with Crippen molar-refractivity contribution >= 4 is 28.3 Å². The second-order valence-electron chi connectivity index (χ2n) is 7.13. The Morgan fingerprint density at radius 3 is 2.56 bits per heavy atom. The predicted octanol–water partition coefficient (Wildman–Crippen LogP) is 4.11. The van der Waals surface area contributed by atoms with E-state index in [2.05, 4.69) is 29.1 Å². The molecule has 4 aromatic rings. The molecule has 0 unspecified atom stereocenters. The molecule has 0 aliphatic carbocycles. The molecule has 0 aliphatic heterocycles. The van der Waals surface area contributed by atoms with Crippen molar-refractivity contribution in [2.75, 3.05) is 0 Å². The van der Waals surface area contributed by atoms with E-state index in [1.165, 1.54) is 0 Å². The fraction of sp³-hybridized carbons (Fsp3) is 0.300. The lowest BCUT2D eigenvalue weighted by Gasteiger charge is -2.09. The van der Waals surface area contributed by atoms with Gasteiger partial charge in [-0.25, -0.2) is 4.52 Å². The molecule has 4 rings (SSSR count). The highest BCUT2D eigenvalue weighted by atomic mass is 35.5. The highest BCUT2D eigenvalue weighted by molar-refractivity contribution is 6.30. The van der Waals surface area contributed by atoms with Crippen molar-refractivity contribution in [3.63, 3.8) is 0 Å². The van der Waals surface area contributed by atoms with Crippen LogP contribution in [0.1, 0.15) is 26.0 Å². The van der Waals surface area contributed by atoms with Crippen LogP contribution in [0.2, 0.25) is 5.02 Å². The van der Waals surface area contributed by atoms with E-state index in [0.717, 1.165) is 23.2 Å². The Morgan fingerprint density at radius 1 is 1.11 bits per heavy atom. The molecule has 0 spiro atoms. The minimum absolute atomic E-state index is 0.135. The molecule has 0 saturated carbocycles. The molecule has 0 bridgehead atoms. The number of hydrogen-bond acceptors (Lipinski definition) is 4. The average molecular weight is 382 g/mol. The second kappa shape index (κ2) is 6.78. The molecule has 0 atom stereocenters. The molecule has 6 nitrogen and oxygen atoms in total. The zero-order valence-electron chi connectivity index (χ0n) is 15.5. The minimum Gasteiger partial charge on any atom is -0.313 e. The lowest BCUT2D eigenvalue weighted by atomic mass is 10.1. The number of pyridine rings is 1. The first-order valence-corrected chi connectivity index (χ1v) is 9.34. The normalized spacial score (nSPS) is 11.7. The molecule has 1 aromatic carbocycles. The number of halogens is 1. The summed E-state index contributed by atoms with van der Waals surface area (Å²) in [4.78, 5) is 12.8. The third-order valence-electron chi connectivity index (χ3n) is 4.71. The van der Waals surface area contributed by atoms with Crippen LogP contribution in [0.3, 0.4) is 0 Å². The first-order valence-electron chi connectivity index (χ1n) is 8.97. The van der Waals surface area contributed by atoms with Crippen LogP contribution in [0.25, 0.3) is 27.8 Å². The minimum atomic E-state index is -0.135. The van der Waals surface area contributed by atoms with Gasteiger partial charge in [0, 0.05) is 17.8 Å². The first kappa shape index (κ1) is 17.7. The smallest absolute Gasteiger partial charge is 0.280 e. The molecule has 0 radical (unpaired) electrons. The second-order valence-corrected chi connectivity index (χ2v) is 7.57. The van der Waals surface area contributed by atoms with E-state index in [-0.39, 0.29) is 5.56 Å². The highest BCUT2D eigenvalue weighted by Crippen LogP contribution is 2.28. The molecule has 0 amide bonds. The fourth-order valence-corrected chi connectivity index (χ4v) is 3.34. The molecule has 3 aromatic heterocycles. The van der Waals surface area contributed by atoms with Gasteiger partial charge in [-0.2, -0.15) is 5.10 Å². The largest absolute Gasteiger partial charge is 0.313 e. The summed E-state index contributed by atoms with van der Waals surface area (Å²) in [6.45, 7) is 6.87. The van der Waals surface area contributed by atoms with E-state index in [4.69, 9.17) is 11.6 Å². The standard InChI is InChI=1S/C20H20ClN5O/c1-12(2)8-10-25-11-9-16-18(20(25)27)22-23-19-17(13(3)24-26(16)19)14-4-6-15(21)7-5-14/h4-7,9,11-12H,8,10H2,1-3H3. The molecule has 0 N–H and O–H groups in total. The van der Waals surface area contributed by atoms with Crippen LogP contribution in [0.4, 0.5) is 0 Å². The molecule has 3 heterocycles. The Bertz CT molecular complexity index is 1190. The highest BCUT2D eigenvalue weighted by Gasteiger charge is 2.17. The summed E-state index contributed by atoms with van der Waals surface area (Å²) in [6, 6.07) is 9.42. The van der Waals surface area contributed by atoms with Crippen molar-refractivity contribution in [1.29, 1.82) is 0 Å². The van der Waals surface area contributed by atoms with Crippen LogP contribution < -0.4 is 5.56 Å². The molecule has 0 saturated heterocycles. The summed E-state index contributed by atoms with van der Waals surface area (Å²) in [5.41, 5.74) is 4.16. The van der Waals surface area contributed by atoms with Gasteiger partial charge in [-0.3, -0.25) is 4.79 Å². The van der Waals surface area contributed by atoms with Crippen LogP contribution in [-0.2, 0) is 6.54 Å². The van der Waals surface area contributed by atoms with E-state index < -0.39 is 0 Å². The number of aromatic nitrogens is 5. The lowest BCUT2D eigenvalue weighted by Crippen LogP contribution is -2.22. The number of rotatable bonds is 4. The molecular formula is C20H20ClN5O. The predicted molar refractivity (Wildman–Crippen MR) is 107 cm³/mol. The Morgan fingerprint density at radius 2 is 1.85 bits per heavy atom. The van der Waals surface area contributed by atoms with Gasteiger partial charge in [0.15, 0.2) is 11.2 Å². The van der Waals surface area contributed by atoms with Crippen molar-refractivity contribution in [1.82, 2.24) is 24.4 Å². The van der Waals surface area contributed by atoms with Crippen molar-refractivity contribution in [3.8, 4) is 11.1 Å². The molecule has 27 heavy (non-hydrogen) atoms. The van der Waals surface area contributed by atoms with Crippen LogP contribution in [0.15, 0.2) is 41.3 Å². The summed E-state index contributed by atoms with van der Waals surface area (Å²) in [5.74, 6) is 0.525. The quantitative estimate of drug-likeness (QED) is 0.533. The van der Waals surface area contributed by atoms with E-state index in [1.54, 1.807) is 9.08 Å². The topological polar surface area (TPSA) is 65.1 Å². The third kappa shape index (κ3) is 3.10. The molecule has 7 heteroatoms. The summed E-state index contributed by atoms with van der Waals surface area (Å²) in [5, 5.41) is 13.9. The molecule has 0 aliphatic rings. The van der Waals surface area contributed by atoms with Gasteiger partial charge in [-0.05, 0) is 43.0 Å². The Labute approximate surface area is 161 Å².